The number of nitrogens with zero attached hydrogens (tertiary/aromatic N) is 1. The van der Waals surface area contributed by atoms with E-state index in [1.807, 2.05) is 11.3 Å². The van der Waals surface area contributed by atoms with E-state index < -0.39 is 10.8 Å². The first-order valence-electron chi connectivity index (χ1n) is 10.4. The van der Waals surface area contributed by atoms with Gasteiger partial charge in [0, 0.05) is 76.0 Å². The quantitative estimate of drug-likeness (QED) is 0.243. The molecule has 3 aromatic heterocycles. The lowest BCUT2D eigenvalue weighted by Crippen LogP contribution is -2.08. The topological polar surface area (TPSA) is 66.0 Å². The molecule has 0 saturated heterocycles. The zero-order chi connectivity index (χ0) is 19.5. The van der Waals surface area contributed by atoms with Crippen LogP contribution in [0.15, 0.2) is 12.1 Å². The van der Waals surface area contributed by atoms with Crippen molar-refractivity contribution in [2.45, 2.75) is 30.8 Å². The van der Waals surface area contributed by atoms with Crippen molar-refractivity contribution < 1.29 is 9.32 Å². The zero-order valence-electron chi connectivity index (χ0n) is 15.8. The van der Waals surface area contributed by atoms with Crippen LogP contribution in [0.25, 0.3) is 63.7 Å². The molecular weight excluding hydrogens is 412 g/mol. The summed E-state index contributed by atoms with van der Waals surface area (Å²) in [6.45, 7) is 0. The Bertz CT molecular complexity index is 1910. The van der Waals surface area contributed by atoms with Crippen molar-refractivity contribution in [2.75, 3.05) is 0 Å². The second-order valence-corrected chi connectivity index (χ2v) is 11.5. The van der Waals surface area contributed by atoms with E-state index in [0.717, 1.165) is 46.8 Å². The third-order valence-corrected chi connectivity index (χ3v) is 9.85. The lowest BCUT2D eigenvalue weighted by molar-refractivity contribution is 0.472. The van der Waals surface area contributed by atoms with E-state index in [-0.39, 0.29) is 0 Å². The number of benzene rings is 4. The Morgan fingerprint density at radius 1 is 0.933 bits per heavy atom. The van der Waals surface area contributed by atoms with Gasteiger partial charge in [-0.1, -0.05) is 0 Å². The van der Waals surface area contributed by atoms with Crippen LogP contribution in [-0.2, 0) is 35.1 Å². The zero-order valence-corrected chi connectivity index (χ0v) is 17.4. The van der Waals surface area contributed by atoms with Gasteiger partial charge in [0.05, 0.1) is 5.52 Å². The Hall–Kier alpha value is -2.70. The minimum atomic E-state index is -0.883. The molecule has 1 aliphatic heterocycles. The number of phenols is 1. The summed E-state index contributed by atoms with van der Waals surface area (Å²) in [7, 11) is -0.883. The Kier molecular flexibility index (Phi) is 2.26. The van der Waals surface area contributed by atoms with Crippen molar-refractivity contribution in [1.82, 2.24) is 9.97 Å². The maximum atomic E-state index is 12.6. The van der Waals surface area contributed by atoms with Crippen molar-refractivity contribution >= 4 is 85.8 Å². The van der Waals surface area contributed by atoms with Crippen molar-refractivity contribution in [3.05, 3.63) is 34.5 Å². The van der Waals surface area contributed by atoms with Gasteiger partial charge >= 0.3 is 0 Å². The van der Waals surface area contributed by atoms with Crippen LogP contribution < -0.4 is 0 Å². The van der Waals surface area contributed by atoms with Gasteiger partial charge in [0.2, 0.25) is 0 Å². The van der Waals surface area contributed by atoms with E-state index in [2.05, 4.69) is 17.1 Å². The molecule has 0 radical (unpaired) electrons. The van der Waals surface area contributed by atoms with Crippen LogP contribution in [0.3, 0.4) is 0 Å². The Morgan fingerprint density at radius 3 is 2.67 bits per heavy atom. The molecule has 144 valence electrons. The minimum Gasteiger partial charge on any atom is -0.505 e. The number of phenolic OH excluding ortho intramolecular Hbond substituents is 1. The van der Waals surface area contributed by atoms with E-state index >= 15 is 0 Å². The van der Waals surface area contributed by atoms with E-state index in [4.69, 9.17) is 4.98 Å². The standard InChI is InChI=1S/C24H14N2O2S2/c27-23-10-2-1-3-11-15(10)19-20-16-12(25-22(20)23)4-8-6-30(28)7-9-5-13-17(18(16)14(8)9)21(19)24(26-11)29-13/h4-5,26-27H,1-3,6-7H2. The summed E-state index contributed by atoms with van der Waals surface area (Å²) in [5.41, 5.74) is 6.34. The van der Waals surface area contributed by atoms with E-state index in [1.165, 1.54) is 58.5 Å². The second kappa shape index (κ2) is 4.48. The van der Waals surface area contributed by atoms with Crippen LogP contribution >= 0.6 is 11.3 Å². The van der Waals surface area contributed by atoms with Gasteiger partial charge in [-0.15, -0.1) is 11.3 Å². The summed E-state index contributed by atoms with van der Waals surface area (Å²) in [5, 5.41) is 21.3. The second-order valence-electron chi connectivity index (χ2n) is 8.99. The summed E-state index contributed by atoms with van der Waals surface area (Å²) in [6.07, 6.45) is 2.96. The molecule has 30 heavy (non-hydrogen) atoms. The molecule has 0 bridgehead atoms. The molecule has 0 saturated carbocycles. The van der Waals surface area contributed by atoms with Gasteiger partial charge < -0.3 is 10.1 Å². The van der Waals surface area contributed by atoms with Gasteiger partial charge in [-0.25, -0.2) is 4.98 Å². The number of hydrogen-bond acceptors (Lipinski definition) is 4. The van der Waals surface area contributed by atoms with Gasteiger partial charge in [-0.3, -0.25) is 4.21 Å². The fourth-order valence-electron chi connectivity index (χ4n) is 6.56. The minimum absolute atomic E-state index is 0.363. The number of pyridine rings is 1. The number of aromatic amines is 1. The molecule has 2 aliphatic rings. The normalized spacial score (nSPS) is 19.3. The van der Waals surface area contributed by atoms with Crippen molar-refractivity contribution in [3.63, 3.8) is 0 Å². The van der Waals surface area contributed by atoms with Crippen LogP contribution in [0, 0.1) is 0 Å². The number of rotatable bonds is 0. The average molecular weight is 427 g/mol. The highest BCUT2D eigenvalue weighted by Gasteiger charge is 2.32. The molecule has 1 unspecified atom stereocenters. The van der Waals surface area contributed by atoms with E-state index in [1.54, 1.807) is 0 Å². The van der Waals surface area contributed by atoms with E-state index in [9.17, 15) is 9.32 Å². The third-order valence-electron chi connectivity index (χ3n) is 7.53. The number of nitrogens with one attached hydrogen (secondary N) is 1. The highest BCUT2D eigenvalue weighted by Crippen LogP contribution is 2.56. The monoisotopic (exact) mass is 426 g/mol. The van der Waals surface area contributed by atoms with Crippen molar-refractivity contribution in [3.8, 4) is 5.75 Å². The predicted octanol–water partition coefficient (Wildman–Crippen LogP) is 5.66. The number of aryl methyl sites for hydroxylation is 2. The molecule has 0 spiro atoms. The highest BCUT2D eigenvalue weighted by molar-refractivity contribution is 7.83. The lowest BCUT2D eigenvalue weighted by Gasteiger charge is -2.23. The highest BCUT2D eigenvalue weighted by atomic mass is 32.2. The van der Waals surface area contributed by atoms with Gasteiger partial charge in [0.1, 0.15) is 16.1 Å². The lowest BCUT2D eigenvalue weighted by atomic mass is 9.83. The van der Waals surface area contributed by atoms with Crippen LogP contribution in [0.1, 0.15) is 28.8 Å². The Morgan fingerprint density at radius 2 is 1.77 bits per heavy atom. The largest absolute Gasteiger partial charge is 0.505 e. The number of hydrogen-bond donors (Lipinski definition) is 2. The molecule has 1 atom stereocenters. The maximum absolute atomic E-state index is 12.6. The third kappa shape index (κ3) is 1.40. The van der Waals surface area contributed by atoms with Crippen LogP contribution in [0.4, 0.5) is 0 Å². The van der Waals surface area contributed by atoms with Crippen LogP contribution in [-0.4, -0.2) is 19.3 Å². The van der Waals surface area contributed by atoms with Crippen LogP contribution in [0.5, 0.6) is 5.75 Å². The molecule has 4 heterocycles. The maximum Gasteiger partial charge on any atom is 0.145 e. The van der Waals surface area contributed by atoms with Gasteiger partial charge in [0.15, 0.2) is 0 Å². The van der Waals surface area contributed by atoms with Gasteiger partial charge in [-0.2, -0.15) is 0 Å². The first-order chi connectivity index (χ1) is 14.7. The molecule has 0 fully saturated rings. The van der Waals surface area contributed by atoms with Gasteiger partial charge in [-0.05, 0) is 47.9 Å². The predicted molar refractivity (Wildman–Crippen MR) is 124 cm³/mol. The summed E-state index contributed by atoms with van der Waals surface area (Å²) < 4.78 is 13.9. The first kappa shape index (κ1) is 15.2. The number of aromatic nitrogens is 2. The molecule has 9 rings (SSSR count). The fourth-order valence-corrected chi connectivity index (χ4v) is 9.02. The van der Waals surface area contributed by atoms with Gasteiger partial charge in [0.25, 0.3) is 0 Å². The van der Waals surface area contributed by atoms with Crippen molar-refractivity contribution in [1.29, 1.82) is 0 Å². The fraction of sp³-hybridized carbons (Fsp3) is 0.208. The van der Waals surface area contributed by atoms with Crippen molar-refractivity contribution in [2.24, 2.45) is 0 Å². The number of thiophene rings is 1. The Balaban J connectivity index is 1.76. The number of aromatic hydroxyl groups is 1. The van der Waals surface area contributed by atoms with E-state index in [0.29, 0.717) is 17.3 Å². The molecule has 2 N–H and O–H groups in total. The molecule has 6 heteroatoms. The number of H-pyrrole nitrogens is 1. The summed E-state index contributed by atoms with van der Waals surface area (Å²) in [6, 6.07) is 4.42. The smallest absolute Gasteiger partial charge is 0.145 e. The molecular formula is C24H14N2O2S2. The Labute approximate surface area is 176 Å². The summed E-state index contributed by atoms with van der Waals surface area (Å²) >= 11 is 1.82. The summed E-state index contributed by atoms with van der Waals surface area (Å²) in [4.78, 5) is 9.94. The summed E-state index contributed by atoms with van der Waals surface area (Å²) in [5.74, 6) is 1.57. The molecule has 4 aromatic carbocycles. The average Bonchev–Trinajstić information content (AvgIpc) is 3.29. The molecule has 0 amide bonds. The SMILES string of the molecule is O=S1Cc2cc3nc4c(O)c5c6c([nH]c7sc8cc(c2c2c3c4c6c7c82)C1)CCC5. The first-order valence-corrected chi connectivity index (χ1v) is 12.7. The molecule has 4 nitrogen and oxygen atoms in total. The molecule has 1 aliphatic carbocycles. The van der Waals surface area contributed by atoms with Crippen LogP contribution in [0.2, 0.25) is 0 Å². The molecule has 7 aromatic rings.